The maximum Gasteiger partial charge on any atom is 0.0991 e. The first-order valence-corrected chi connectivity index (χ1v) is 8.17. The maximum atomic E-state index is 4.09. The highest BCUT2D eigenvalue weighted by Crippen LogP contribution is 2.26. The molecule has 2 aromatic heterocycles. The van der Waals surface area contributed by atoms with Gasteiger partial charge in [-0.05, 0) is 43.1 Å². The predicted molar refractivity (Wildman–Crippen MR) is 89.4 cm³/mol. The summed E-state index contributed by atoms with van der Waals surface area (Å²) in [5.74, 6) is 0.580. The molecule has 0 radical (unpaired) electrons. The minimum Gasteiger partial charge on any atom is -0.306 e. The van der Waals surface area contributed by atoms with Gasteiger partial charge in [-0.3, -0.25) is 10.00 Å². The molecule has 0 amide bonds. The van der Waals surface area contributed by atoms with Gasteiger partial charge in [-0.1, -0.05) is 12.1 Å². The van der Waals surface area contributed by atoms with Crippen molar-refractivity contribution in [1.29, 1.82) is 0 Å². The number of hydrogen-bond donors (Lipinski definition) is 1. The van der Waals surface area contributed by atoms with Crippen molar-refractivity contribution in [3.05, 3.63) is 66.5 Å². The molecule has 1 atom stereocenters. The van der Waals surface area contributed by atoms with E-state index in [0.717, 1.165) is 18.8 Å². The fourth-order valence-electron chi connectivity index (χ4n) is 3.39. The Morgan fingerprint density at radius 2 is 2.04 bits per heavy atom. The van der Waals surface area contributed by atoms with Crippen molar-refractivity contribution in [2.24, 2.45) is 0 Å². The largest absolute Gasteiger partial charge is 0.306 e. The van der Waals surface area contributed by atoms with E-state index in [4.69, 9.17) is 0 Å². The van der Waals surface area contributed by atoms with Crippen LogP contribution in [0.25, 0.3) is 5.69 Å². The molecule has 1 aliphatic heterocycles. The third-order valence-electron chi connectivity index (χ3n) is 4.61. The summed E-state index contributed by atoms with van der Waals surface area (Å²) in [5, 5.41) is 7.22. The molecule has 0 bridgehead atoms. The lowest BCUT2D eigenvalue weighted by molar-refractivity contribution is 0.198. The highest BCUT2D eigenvalue weighted by Gasteiger charge is 2.22. The van der Waals surface area contributed by atoms with Gasteiger partial charge in [0, 0.05) is 49.0 Å². The molecule has 1 fully saturated rings. The Bertz CT molecular complexity index is 715. The van der Waals surface area contributed by atoms with E-state index in [0.29, 0.717) is 5.92 Å². The standard InChI is InChI=1S/C18H21N5/c1-2-16(18-7-8-20-21-18)13-22(10-1)12-15-3-5-17(6-4-15)23-11-9-19-14-23/h3-9,11,14,16H,1-2,10,12-13H2,(H,20,21). The zero-order chi connectivity index (χ0) is 15.5. The second-order valence-electron chi connectivity index (χ2n) is 6.22. The topological polar surface area (TPSA) is 49.7 Å². The molecule has 118 valence electrons. The molecule has 1 N–H and O–H groups in total. The Kier molecular flexibility index (Phi) is 3.94. The van der Waals surface area contributed by atoms with Crippen molar-refractivity contribution >= 4 is 0 Å². The van der Waals surface area contributed by atoms with Gasteiger partial charge in [-0.2, -0.15) is 5.10 Å². The van der Waals surface area contributed by atoms with Crippen LogP contribution >= 0.6 is 0 Å². The number of imidazole rings is 1. The van der Waals surface area contributed by atoms with Crippen molar-refractivity contribution in [1.82, 2.24) is 24.6 Å². The van der Waals surface area contributed by atoms with Crippen molar-refractivity contribution in [2.75, 3.05) is 13.1 Å². The van der Waals surface area contributed by atoms with Crippen molar-refractivity contribution < 1.29 is 0 Å². The molecular weight excluding hydrogens is 286 g/mol. The normalized spacial score (nSPS) is 19.0. The summed E-state index contributed by atoms with van der Waals surface area (Å²) in [6.45, 7) is 3.29. The van der Waals surface area contributed by atoms with Crippen LogP contribution in [0.15, 0.2) is 55.2 Å². The Morgan fingerprint density at radius 3 is 2.78 bits per heavy atom. The first kappa shape index (κ1) is 14.2. The Hall–Kier alpha value is -2.40. The summed E-state index contributed by atoms with van der Waals surface area (Å²) >= 11 is 0. The maximum absolute atomic E-state index is 4.09. The van der Waals surface area contributed by atoms with E-state index < -0.39 is 0 Å². The molecule has 1 unspecified atom stereocenters. The zero-order valence-electron chi connectivity index (χ0n) is 13.1. The van der Waals surface area contributed by atoms with E-state index in [9.17, 15) is 0 Å². The van der Waals surface area contributed by atoms with Crippen molar-refractivity contribution in [2.45, 2.75) is 25.3 Å². The number of hydrogen-bond acceptors (Lipinski definition) is 3. The number of aromatic nitrogens is 4. The van der Waals surface area contributed by atoms with Crippen LogP contribution in [0, 0.1) is 0 Å². The number of piperidine rings is 1. The van der Waals surface area contributed by atoms with E-state index in [1.54, 1.807) is 6.20 Å². The van der Waals surface area contributed by atoms with Gasteiger partial charge in [0.2, 0.25) is 0 Å². The Morgan fingerprint density at radius 1 is 1.13 bits per heavy atom. The summed E-state index contributed by atoms with van der Waals surface area (Å²) in [4.78, 5) is 6.64. The molecule has 1 saturated heterocycles. The predicted octanol–water partition coefficient (Wildman–Crippen LogP) is 2.98. The minimum atomic E-state index is 0.580. The van der Waals surface area contributed by atoms with Gasteiger partial charge >= 0.3 is 0 Å². The van der Waals surface area contributed by atoms with E-state index in [2.05, 4.69) is 50.4 Å². The third-order valence-corrected chi connectivity index (χ3v) is 4.61. The van der Waals surface area contributed by atoms with E-state index >= 15 is 0 Å². The third kappa shape index (κ3) is 3.19. The minimum absolute atomic E-state index is 0.580. The average molecular weight is 307 g/mol. The molecular formula is C18H21N5. The Balaban J connectivity index is 1.41. The second kappa shape index (κ2) is 6.38. The zero-order valence-corrected chi connectivity index (χ0v) is 13.1. The number of likely N-dealkylation sites (tertiary alicyclic amines) is 1. The molecule has 0 saturated carbocycles. The van der Waals surface area contributed by atoms with E-state index in [-0.39, 0.29) is 0 Å². The summed E-state index contributed by atoms with van der Waals surface area (Å²) in [6.07, 6.45) is 9.94. The monoisotopic (exact) mass is 307 g/mol. The number of H-pyrrole nitrogens is 1. The fraction of sp³-hybridized carbons (Fsp3) is 0.333. The lowest BCUT2D eigenvalue weighted by Crippen LogP contribution is -2.34. The van der Waals surface area contributed by atoms with E-state index in [1.165, 1.54) is 30.6 Å². The molecule has 0 aliphatic carbocycles. The van der Waals surface area contributed by atoms with Gasteiger partial charge in [-0.25, -0.2) is 4.98 Å². The van der Waals surface area contributed by atoms with Crippen LogP contribution in [0.5, 0.6) is 0 Å². The van der Waals surface area contributed by atoms with Crippen molar-refractivity contribution in [3.63, 3.8) is 0 Å². The number of nitrogens with zero attached hydrogens (tertiary/aromatic N) is 4. The van der Waals surface area contributed by atoms with Crippen LogP contribution < -0.4 is 0 Å². The molecule has 1 aliphatic rings. The molecule has 5 nitrogen and oxygen atoms in total. The summed E-state index contributed by atoms with van der Waals surface area (Å²) in [6, 6.07) is 10.9. The lowest BCUT2D eigenvalue weighted by atomic mass is 9.94. The van der Waals surface area contributed by atoms with Gasteiger partial charge < -0.3 is 4.57 Å². The van der Waals surface area contributed by atoms with Crippen LogP contribution in [0.1, 0.15) is 30.0 Å². The number of aromatic amines is 1. The van der Waals surface area contributed by atoms with Crippen LogP contribution in [-0.4, -0.2) is 37.7 Å². The molecule has 1 aromatic carbocycles. The first-order valence-electron chi connectivity index (χ1n) is 8.17. The lowest BCUT2D eigenvalue weighted by Gasteiger charge is -2.32. The first-order chi connectivity index (χ1) is 11.4. The van der Waals surface area contributed by atoms with Gasteiger partial charge in [-0.15, -0.1) is 0 Å². The van der Waals surface area contributed by atoms with Gasteiger partial charge in [0.15, 0.2) is 0 Å². The quantitative estimate of drug-likeness (QED) is 0.806. The van der Waals surface area contributed by atoms with Crippen molar-refractivity contribution in [3.8, 4) is 5.69 Å². The Labute approximate surface area is 136 Å². The van der Waals surface area contributed by atoms with Crippen LogP contribution in [0.2, 0.25) is 0 Å². The summed E-state index contributed by atoms with van der Waals surface area (Å²) in [7, 11) is 0. The highest BCUT2D eigenvalue weighted by molar-refractivity contribution is 5.34. The highest BCUT2D eigenvalue weighted by atomic mass is 15.1. The number of benzene rings is 1. The number of nitrogens with one attached hydrogen (secondary N) is 1. The average Bonchev–Trinajstić information content (AvgIpc) is 3.30. The van der Waals surface area contributed by atoms with Gasteiger partial charge in [0.1, 0.15) is 0 Å². The molecule has 3 aromatic rings. The molecule has 0 spiro atoms. The summed E-state index contributed by atoms with van der Waals surface area (Å²) < 4.78 is 2.03. The molecule has 5 heteroatoms. The van der Waals surface area contributed by atoms with Gasteiger partial charge in [0.25, 0.3) is 0 Å². The smallest absolute Gasteiger partial charge is 0.0991 e. The molecule has 3 heterocycles. The molecule has 4 rings (SSSR count). The second-order valence-corrected chi connectivity index (χ2v) is 6.22. The molecule has 23 heavy (non-hydrogen) atoms. The van der Waals surface area contributed by atoms with Gasteiger partial charge in [0.05, 0.1) is 6.33 Å². The SMILES string of the molecule is c1cn(-c2ccc(CN3CCCC(c4ccn[nH]4)C3)cc2)cn1. The van der Waals surface area contributed by atoms with E-state index in [1.807, 2.05) is 23.3 Å². The fourth-order valence-corrected chi connectivity index (χ4v) is 3.39. The van der Waals surface area contributed by atoms with Crippen LogP contribution in [0.3, 0.4) is 0 Å². The van der Waals surface area contributed by atoms with Crippen LogP contribution in [0.4, 0.5) is 0 Å². The number of rotatable bonds is 4. The summed E-state index contributed by atoms with van der Waals surface area (Å²) in [5.41, 5.74) is 3.78. The van der Waals surface area contributed by atoms with Crippen LogP contribution in [-0.2, 0) is 6.54 Å².